The number of aliphatic carboxylic acids is 1. The predicted molar refractivity (Wildman–Crippen MR) is 84.4 cm³/mol. The molecule has 1 aromatic heterocycles. The fourth-order valence-corrected chi connectivity index (χ4v) is 2.65. The van der Waals surface area contributed by atoms with Crippen LogP contribution in [0.25, 0.3) is 0 Å². The van der Waals surface area contributed by atoms with E-state index in [1.54, 1.807) is 26.0 Å². The molecule has 0 aliphatic heterocycles. The van der Waals surface area contributed by atoms with Crippen molar-refractivity contribution in [3.63, 3.8) is 0 Å². The molecule has 0 bridgehead atoms. The zero-order chi connectivity index (χ0) is 16.6. The van der Waals surface area contributed by atoms with Gasteiger partial charge in [-0.05, 0) is 43.9 Å². The van der Waals surface area contributed by atoms with Crippen molar-refractivity contribution in [2.45, 2.75) is 26.2 Å². The first-order valence-corrected chi connectivity index (χ1v) is 7.40. The molecule has 6 heteroatoms. The van der Waals surface area contributed by atoms with Crippen molar-refractivity contribution in [3.8, 4) is 0 Å². The summed E-state index contributed by atoms with van der Waals surface area (Å²) >= 11 is 0. The third kappa shape index (κ3) is 3.21. The fourth-order valence-electron chi connectivity index (χ4n) is 2.65. The molecule has 0 saturated heterocycles. The topological polar surface area (TPSA) is 92.2 Å². The minimum absolute atomic E-state index is 0.0880. The molecule has 1 saturated carbocycles. The molecule has 1 heterocycles. The minimum Gasteiger partial charge on any atom is -0.481 e. The number of nitrogens with zero attached hydrogens (tertiary/aromatic N) is 2. The number of carboxylic acid groups (broad SMARTS) is 1. The van der Waals surface area contributed by atoms with Gasteiger partial charge < -0.3 is 10.4 Å². The van der Waals surface area contributed by atoms with Crippen molar-refractivity contribution in [3.05, 3.63) is 53.1 Å². The van der Waals surface area contributed by atoms with Gasteiger partial charge in [-0.2, -0.15) is 0 Å². The predicted octanol–water partition coefficient (Wildman–Crippen LogP) is 2.53. The molecule has 2 aromatic rings. The van der Waals surface area contributed by atoms with E-state index < -0.39 is 5.97 Å². The lowest BCUT2D eigenvalue weighted by Crippen LogP contribution is -2.15. The van der Waals surface area contributed by atoms with Crippen LogP contribution in [0, 0.1) is 19.8 Å². The van der Waals surface area contributed by atoms with Gasteiger partial charge in [-0.15, -0.1) is 0 Å². The number of benzene rings is 1. The Morgan fingerprint density at radius 1 is 1.22 bits per heavy atom. The smallest absolute Gasteiger partial charge is 0.307 e. The molecule has 1 aliphatic rings. The number of nitrogens with one attached hydrogen (secondary N) is 1. The normalized spacial score (nSPS) is 19.2. The number of rotatable bonds is 4. The van der Waals surface area contributed by atoms with Gasteiger partial charge in [0, 0.05) is 11.9 Å². The van der Waals surface area contributed by atoms with Gasteiger partial charge in [0.05, 0.1) is 17.2 Å². The van der Waals surface area contributed by atoms with Gasteiger partial charge in [0.25, 0.3) is 5.91 Å². The Morgan fingerprint density at radius 2 is 1.91 bits per heavy atom. The lowest BCUT2D eigenvalue weighted by atomic mass is 10.1. The second-order valence-electron chi connectivity index (χ2n) is 5.78. The monoisotopic (exact) mass is 311 g/mol. The number of carboxylic acids is 1. The number of aromatic nitrogens is 2. The highest BCUT2D eigenvalue weighted by Crippen LogP contribution is 2.47. The number of hydrogen-bond acceptors (Lipinski definition) is 4. The Kier molecular flexibility index (Phi) is 3.82. The van der Waals surface area contributed by atoms with E-state index in [4.69, 9.17) is 5.11 Å². The third-order valence-electron chi connectivity index (χ3n) is 4.05. The summed E-state index contributed by atoms with van der Waals surface area (Å²) in [6.45, 7) is 3.54. The van der Waals surface area contributed by atoms with Crippen LogP contribution in [0.5, 0.6) is 0 Å². The highest BCUT2D eigenvalue weighted by molar-refractivity contribution is 6.04. The van der Waals surface area contributed by atoms with Gasteiger partial charge in [-0.25, -0.2) is 9.97 Å². The Morgan fingerprint density at radius 3 is 2.48 bits per heavy atom. The highest BCUT2D eigenvalue weighted by Gasteiger charge is 2.43. The molecule has 1 fully saturated rings. The maximum atomic E-state index is 12.2. The van der Waals surface area contributed by atoms with Gasteiger partial charge in [0.2, 0.25) is 0 Å². The number of aryl methyl sites for hydroxylation is 2. The van der Waals surface area contributed by atoms with Crippen molar-refractivity contribution in [1.29, 1.82) is 0 Å². The number of anilines is 1. The van der Waals surface area contributed by atoms with Gasteiger partial charge in [0.1, 0.15) is 5.82 Å². The zero-order valence-corrected chi connectivity index (χ0v) is 12.9. The van der Waals surface area contributed by atoms with E-state index in [0.29, 0.717) is 29.2 Å². The summed E-state index contributed by atoms with van der Waals surface area (Å²) in [5.74, 6) is -0.569. The summed E-state index contributed by atoms with van der Waals surface area (Å²) in [5, 5.41) is 11.8. The molecule has 118 valence electrons. The summed E-state index contributed by atoms with van der Waals surface area (Å²) in [5.41, 5.74) is 2.72. The van der Waals surface area contributed by atoms with E-state index in [1.807, 2.05) is 12.1 Å². The molecule has 0 radical (unpaired) electrons. The summed E-state index contributed by atoms with van der Waals surface area (Å²) in [6.07, 6.45) is 2.20. The van der Waals surface area contributed by atoms with E-state index in [0.717, 1.165) is 5.56 Å². The first kappa shape index (κ1) is 15.1. The number of carbonyl (C=O) groups excluding carboxylic acids is 1. The molecule has 1 aromatic carbocycles. The maximum Gasteiger partial charge on any atom is 0.307 e. The van der Waals surface area contributed by atoms with Gasteiger partial charge >= 0.3 is 5.97 Å². The lowest BCUT2D eigenvalue weighted by Gasteiger charge is -2.08. The van der Waals surface area contributed by atoms with Crippen LogP contribution in [0.2, 0.25) is 0 Å². The van der Waals surface area contributed by atoms with Crippen LogP contribution in [-0.2, 0) is 4.79 Å². The number of carbonyl (C=O) groups is 2. The van der Waals surface area contributed by atoms with Crippen LogP contribution in [0.15, 0.2) is 30.5 Å². The van der Waals surface area contributed by atoms with E-state index in [-0.39, 0.29) is 17.7 Å². The van der Waals surface area contributed by atoms with Gasteiger partial charge in [-0.1, -0.05) is 12.1 Å². The Labute approximate surface area is 133 Å². The molecule has 0 spiro atoms. The SMILES string of the molecule is Cc1ncc(C(=O)Nc2ccc([C@@H]3C[C@H]3C(=O)O)cc2)c(C)n1. The molecule has 23 heavy (non-hydrogen) atoms. The van der Waals surface area contributed by atoms with Crippen LogP contribution in [0.4, 0.5) is 5.69 Å². The molecule has 6 nitrogen and oxygen atoms in total. The molecular weight excluding hydrogens is 294 g/mol. The Hall–Kier alpha value is -2.76. The largest absolute Gasteiger partial charge is 0.481 e. The first-order chi connectivity index (χ1) is 11.0. The van der Waals surface area contributed by atoms with Crippen molar-refractivity contribution in [2.75, 3.05) is 5.32 Å². The highest BCUT2D eigenvalue weighted by atomic mass is 16.4. The molecule has 3 rings (SSSR count). The molecule has 2 N–H and O–H groups in total. The third-order valence-corrected chi connectivity index (χ3v) is 4.05. The maximum absolute atomic E-state index is 12.2. The summed E-state index contributed by atoms with van der Waals surface area (Å²) in [4.78, 5) is 31.4. The quantitative estimate of drug-likeness (QED) is 0.905. The van der Waals surface area contributed by atoms with Crippen LogP contribution < -0.4 is 5.32 Å². The number of hydrogen-bond donors (Lipinski definition) is 2. The molecule has 1 aliphatic carbocycles. The standard InChI is InChI=1S/C17H17N3O3/c1-9-15(8-18-10(2)19-9)16(21)20-12-5-3-11(4-6-12)13-7-14(13)17(22)23/h3-6,8,13-14H,7H2,1-2H3,(H,20,21)(H,22,23)/t13-,14+/m0/s1. The molecular formula is C17H17N3O3. The average Bonchev–Trinajstić information content (AvgIpc) is 3.28. The van der Waals surface area contributed by atoms with Crippen molar-refractivity contribution < 1.29 is 14.7 Å². The molecule has 2 atom stereocenters. The van der Waals surface area contributed by atoms with Gasteiger partial charge in [0.15, 0.2) is 0 Å². The Balaban J connectivity index is 1.69. The summed E-state index contributed by atoms with van der Waals surface area (Å²) in [6, 6.07) is 7.30. The second kappa shape index (κ2) is 5.79. The first-order valence-electron chi connectivity index (χ1n) is 7.40. The van der Waals surface area contributed by atoms with E-state index in [2.05, 4.69) is 15.3 Å². The van der Waals surface area contributed by atoms with Crippen LogP contribution in [0.1, 0.15) is 39.8 Å². The van der Waals surface area contributed by atoms with Crippen molar-refractivity contribution >= 4 is 17.6 Å². The van der Waals surface area contributed by atoms with E-state index >= 15 is 0 Å². The number of amides is 1. The minimum atomic E-state index is -0.748. The fraction of sp³-hybridized carbons (Fsp3) is 0.294. The summed E-state index contributed by atoms with van der Waals surface area (Å²) in [7, 11) is 0. The van der Waals surface area contributed by atoms with Crippen molar-refractivity contribution in [2.24, 2.45) is 5.92 Å². The van der Waals surface area contributed by atoms with Crippen molar-refractivity contribution in [1.82, 2.24) is 9.97 Å². The second-order valence-corrected chi connectivity index (χ2v) is 5.78. The lowest BCUT2D eigenvalue weighted by molar-refractivity contribution is -0.138. The van der Waals surface area contributed by atoms with Gasteiger partial charge in [-0.3, -0.25) is 9.59 Å². The van der Waals surface area contributed by atoms with E-state index in [9.17, 15) is 9.59 Å². The molecule has 1 amide bonds. The molecule has 0 unspecified atom stereocenters. The summed E-state index contributed by atoms with van der Waals surface area (Å²) < 4.78 is 0. The Bertz CT molecular complexity index is 771. The van der Waals surface area contributed by atoms with Crippen LogP contribution in [-0.4, -0.2) is 27.0 Å². The van der Waals surface area contributed by atoms with Crippen LogP contribution >= 0.6 is 0 Å². The zero-order valence-electron chi connectivity index (χ0n) is 12.9. The van der Waals surface area contributed by atoms with Crippen LogP contribution in [0.3, 0.4) is 0 Å². The average molecular weight is 311 g/mol. The van der Waals surface area contributed by atoms with E-state index in [1.165, 1.54) is 6.20 Å².